The lowest BCUT2D eigenvalue weighted by atomic mass is 9.98. The van der Waals surface area contributed by atoms with Gasteiger partial charge in [-0.1, -0.05) is 23.3 Å². The van der Waals surface area contributed by atoms with Gasteiger partial charge in [-0.25, -0.2) is 0 Å². The average Bonchev–Trinajstić information content (AvgIpc) is 2.45. The van der Waals surface area contributed by atoms with Gasteiger partial charge in [-0.3, -0.25) is 4.79 Å². The second-order valence-corrected chi connectivity index (χ2v) is 5.78. The van der Waals surface area contributed by atoms with Crippen LogP contribution >= 0.6 is 12.4 Å². The molecule has 1 amide bonds. The Morgan fingerprint density at radius 3 is 2.50 bits per heavy atom. The first kappa shape index (κ1) is 16.4. The summed E-state index contributed by atoms with van der Waals surface area (Å²) in [7, 11) is 0. The largest absolute Gasteiger partial charge is 0.398 e. The minimum absolute atomic E-state index is 0. The number of fused-ring (bicyclic) bond motifs is 1. The van der Waals surface area contributed by atoms with Crippen LogP contribution in [0.25, 0.3) is 0 Å². The summed E-state index contributed by atoms with van der Waals surface area (Å²) in [5.41, 5.74) is 11.9. The number of halogens is 1. The highest BCUT2D eigenvalue weighted by Gasteiger charge is 2.24. The highest BCUT2D eigenvalue weighted by Crippen LogP contribution is 2.32. The number of rotatable bonds is 1. The number of nitrogens with zero attached hydrogens (tertiary/aromatic N) is 1. The van der Waals surface area contributed by atoms with Crippen molar-refractivity contribution in [3.8, 4) is 0 Å². The summed E-state index contributed by atoms with van der Waals surface area (Å²) >= 11 is 0. The normalized spacial score (nSPS) is 13.3. The summed E-state index contributed by atoms with van der Waals surface area (Å²) in [6.07, 6.45) is 1.90. The summed E-state index contributed by atoms with van der Waals surface area (Å²) < 4.78 is 0. The number of anilines is 2. The molecule has 1 heterocycles. The molecule has 0 aliphatic carbocycles. The van der Waals surface area contributed by atoms with Crippen molar-refractivity contribution in [3.05, 3.63) is 58.7 Å². The molecule has 3 rings (SSSR count). The monoisotopic (exact) mass is 316 g/mol. The van der Waals surface area contributed by atoms with Crippen LogP contribution in [0.5, 0.6) is 0 Å². The molecule has 0 fully saturated rings. The van der Waals surface area contributed by atoms with Gasteiger partial charge in [0.1, 0.15) is 0 Å². The fourth-order valence-electron chi connectivity index (χ4n) is 3.12. The smallest absolute Gasteiger partial charge is 0.258 e. The molecule has 0 unspecified atom stereocenters. The molecular formula is C18H21ClN2O. The van der Waals surface area contributed by atoms with Crippen LogP contribution in [-0.4, -0.2) is 12.5 Å². The van der Waals surface area contributed by atoms with Crippen molar-refractivity contribution in [2.45, 2.75) is 26.7 Å². The van der Waals surface area contributed by atoms with E-state index in [1.165, 1.54) is 0 Å². The molecule has 3 nitrogen and oxygen atoms in total. The summed E-state index contributed by atoms with van der Waals surface area (Å²) in [6.45, 7) is 4.79. The lowest BCUT2D eigenvalue weighted by molar-refractivity contribution is 0.0985. The van der Waals surface area contributed by atoms with Gasteiger partial charge >= 0.3 is 0 Å². The van der Waals surface area contributed by atoms with Crippen LogP contribution in [0.15, 0.2) is 36.4 Å². The Kier molecular flexibility index (Phi) is 4.77. The van der Waals surface area contributed by atoms with Gasteiger partial charge in [0, 0.05) is 23.5 Å². The topological polar surface area (TPSA) is 46.3 Å². The Balaban J connectivity index is 0.00000176. The minimum Gasteiger partial charge on any atom is -0.398 e. The lowest BCUT2D eigenvalue weighted by Crippen LogP contribution is -2.35. The van der Waals surface area contributed by atoms with Crippen molar-refractivity contribution in [2.75, 3.05) is 17.2 Å². The van der Waals surface area contributed by atoms with Crippen LogP contribution in [0.4, 0.5) is 11.4 Å². The Bertz CT molecular complexity index is 692. The maximum atomic E-state index is 12.9. The van der Waals surface area contributed by atoms with Gasteiger partial charge in [-0.05, 0) is 56.5 Å². The van der Waals surface area contributed by atoms with Crippen molar-refractivity contribution < 1.29 is 4.79 Å². The third kappa shape index (κ3) is 2.95. The van der Waals surface area contributed by atoms with Crippen molar-refractivity contribution in [3.63, 3.8) is 0 Å². The predicted molar refractivity (Wildman–Crippen MR) is 94.0 cm³/mol. The number of hydrogen-bond acceptors (Lipinski definition) is 2. The van der Waals surface area contributed by atoms with Gasteiger partial charge in [-0.15, -0.1) is 12.4 Å². The van der Waals surface area contributed by atoms with Gasteiger partial charge in [0.2, 0.25) is 0 Å². The number of nitrogens with two attached hydrogens (primary N) is 1. The fourth-order valence-corrected chi connectivity index (χ4v) is 3.12. The maximum absolute atomic E-state index is 12.9. The average molecular weight is 317 g/mol. The number of carbonyl (C=O) groups excluding carboxylic acids is 1. The second-order valence-electron chi connectivity index (χ2n) is 5.78. The fraction of sp³-hybridized carbons (Fsp3) is 0.278. The zero-order chi connectivity index (χ0) is 15.0. The van der Waals surface area contributed by atoms with E-state index in [1.54, 1.807) is 0 Å². The number of nitrogen functional groups attached to an aromatic ring is 1. The molecule has 0 saturated carbocycles. The molecule has 0 radical (unpaired) electrons. The molecule has 4 heteroatoms. The lowest BCUT2D eigenvalue weighted by Gasteiger charge is -2.30. The standard InChI is InChI=1S/C18H20N2O.ClH/c1-12-9-13(2)11-14(10-12)18(21)20-8-4-5-15-16(19)6-3-7-17(15)20;/h3,6-7,9-11H,4-5,8,19H2,1-2H3;1H. The third-order valence-electron chi connectivity index (χ3n) is 4.00. The third-order valence-corrected chi connectivity index (χ3v) is 4.00. The predicted octanol–water partition coefficient (Wildman–Crippen LogP) is 3.90. The summed E-state index contributed by atoms with van der Waals surface area (Å²) in [4.78, 5) is 14.7. The van der Waals surface area contributed by atoms with Crippen LogP contribution in [0, 0.1) is 13.8 Å². The van der Waals surface area contributed by atoms with Crippen LogP contribution in [0.1, 0.15) is 33.5 Å². The Morgan fingerprint density at radius 2 is 1.82 bits per heavy atom. The van der Waals surface area contributed by atoms with E-state index < -0.39 is 0 Å². The van der Waals surface area contributed by atoms with E-state index in [1.807, 2.05) is 49.1 Å². The highest BCUT2D eigenvalue weighted by molar-refractivity contribution is 6.07. The zero-order valence-electron chi connectivity index (χ0n) is 12.9. The van der Waals surface area contributed by atoms with Crippen molar-refractivity contribution >= 4 is 29.7 Å². The molecule has 22 heavy (non-hydrogen) atoms. The van der Waals surface area contributed by atoms with Gasteiger partial charge in [0.25, 0.3) is 5.91 Å². The molecule has 1 aliphatic rings. The number of amides is 1. The van der Waals surface area contributed by atoms with E-state index in [-0.39, 0.29) is 18.3 Å². The van der Waals surface area contributed by atoms with Crippen LogP contribution < -0.4 is 10.6 Å². The molecule has 116 valence electrons. The molecule has 0 bridgehead atoms. The van der Waals surface area contributed by atoms with E-state index in [2.05, 4.69) is 6.07 Å². The first-order valence-electron chi connectivity index (χ1n) is 7.34. The molecule has 0 spiro atoms. The molecule has 2 aromatic rings. The van der Waals surface area contributed by atoms with E-state index in [0.29, 0.717) is 0 Å². The zero-order valence-corrected chi connectivity index (χ0v) is 13.7. The SMILES string of the molecule is Cc1cc(C)cc(C(=O)N2CCCc3c(N)cccc32)c1.Cl. The maximum Gasteiger partial charge on any atom is 0.258 e. The Labute approximate surface area is 137 Å². The number of benzene rings is 2. The van der Waals surface area contributed by atoms with Gasteiger partial charge < -0.3 is 10.6 Å². The summed E-state index contributed by atoms with van der Waals surface area (Å²) in [5, 5.41) is 0. The molecule has 0 aromatic heterocycles. The van der Waals surface area contributed by atoms with Crippen LogP contribution in [0.2, 0.25) is 0 Å². The van der Waals surface area contributed by atoms with E-state index in [9.17, 15) is 4.79 Å². The summed E-state index contributed by atoms with van der Waals surface area (Å²) in [5.74, 6) is 0.0633. The Hall–Kier alpha value is -2.00. The Morgan fingerprint density at radius 1 is 1.14 bits per heavy atom. The van der Waals surface area contributed by atoms with Gasteiger partial charge in [-0.2, -0.15) is 0 Å². The molecule has 0 saturated heterocycles. The molecule has 2 aromatic carbocycles. The van der Waals surface area contributed by atoms with Crippen molar-refractivity contribution in [1.82, 2.24) is 0 Å². The van der Waals surface area contributed by atoms with Crippen LogP contribution in [0.3, 0.4) is 0 Å². The number of aryl methyl sites for hydroxylation is 2. The quantitative estimate of drug-likeness (QED) is 0.811. The molecule has 0 atom stereocenters. The van der Waals surface area contributed by atoms with E-state index in [4.69, 9.17) is 5.73 Å². The molecular weight excluding hydrogens is 296 g/mol. The first-order valence-corrected chi connectivity index (χ1v) is 7.34. The summed E-state index contributed by atoms with van der Waals surface area (Å²) in [6, 6.07) is 11.8. The highest BCUT2D eigenvalue weighted by atomic mass is 35.5. The second kappa shape index (κ2) is 6.41. The van der Waals surface area contributed by atoms with E-state index >= 15 is 0 Å². The van der Waals surface area contributed by atoms with Crippen molar-refractivity contribution in [1.29, 1.82) is 0 Å². The number of carbonyl (C=O) groups is 1. The molecule has 2 N–H and O–H groups in total. The minimum atomic E-state index is 0. The number of hydrogen-bond donors (Lipinski definition) is 1. The van der Waals surface area contributed by atoms with Gasteiger partial charge in [0.05, 0.1) is 0 Å². The van der Waals surface area contributed by atoms with E-state index in [0.717, 1.165) is 53.0 Å². The van der Waals surface area contributed by atoms with Crippen LogP contribution in [-0.2, 0) is 6.42 Å². The van der Waals surface area contributed by atoms with Crippen molar-refractivity contribution in [2.24, 2.45) is 0 Å². The first-order chi connectivity index (χ1) is 10.1. The van der Waals surface area contributed by atoms with Gasteiger partial charge in [0.15, 0.2) is 0 Å². The molecule has 1 aliphatic heterocycles.